The molecule has 11 heteroatoms. The number of nitrogens with zero attached hydrogens (tertiary/aromatic N) is 7. The zero-order valence-corrected chi connectivity index (χ0v) is 23.2. The van der Waals surface area contributed by atoms with E-state index in [0.717, 1.165) is 43.1 Å². The van der Waals surface area contributed by atoms with Gasteiger partial charge in [0.25, 0.3) is 0 Å². The van der Waals surface area contributed by atoms with Crippen molar-refractivity contribution in [3.63, 3.8) is 0 Å². The Morgan fingerprint density at radius 1 is 1.08 bits per heavy atom. The van der Waals surface area contributed by atoms with Crippen molar-refractivity contribution in [2.45, 2.75) is 88.9 Å². The molecule has 1 saturated heterocycles. The first-order valence-corrected chi connectivity index (χ1v) is 13.9. The maximum absolute atomic E-state index is 11.2. The molecule has 1 atom stereocenters. The summed E-state index contributed by atoms with van der Waals surface area (Å²) in [5.74, 6) is 3.37. The Hall–Kier alpha value is -3.47. The molecule has 0 spiro atoms. The Kier molecular flexibility index (Phi) is 7.61. The number of hydrogen-bond donors (Lipinski definition) is 2. The van der Waals surface area contributed by atoms with Crippen molar-refractivity contribution in [1.82, 2.24) is 34.7 Å². The highest BCUT2D eigenvalue weighted by Gasteiger charge is 2.38. The number of carboxylic acid groups (broad SMARTS) is 1. The molecule has 1 unspecified atom stereocenters. The summed E-state index contributed by atoms with van der Waals surface area (Å²) in [7, 11) is 2.02. The fourth-order valence-corrected chi connectivity index (χ4v) is 5.86. The molecular formula is C28H39N7O4. The quantitative estimate of drug-likeness (QED) is 0.449. The summed E-state index contributed by atoms with van der Waals surface area (Å²) >= 11 is 0. The lowest BCUT2D eigenvalue weighted by Crippen LogP contribution is -2.44. The van der Waals surface area contributed by atoms with Gasteiger partial charge in [-0.1, -0.05) is 31.2 Å². The average molecular weight is 538 g/mol. The minimum Gasteiger partial charge on any atom is -0.483 e. The average Bonchev–Trinajstić information content (AvgIpc) is 3.57. The van der Waals surface area contributed by atoms with E-state index in [0.29, 0.717) is 30.4 Å². The van der Waals surface area contributed by atoms with E-state index in [1.54, 1.807) is 0 Å². The third-order valence-corrected chi connectivity index (χ3v) is 8.43. The lowest BCUT2D eigenvalue weighted by molar-refractivity contribution is -0.0248. The number of hydrogen-bond acceptors (Lipinski definition) is 7. The largest absolute Gasteiger partial charge is 0.483 e. The maximum Gasteiger partial charge on any atom is 0.407 e. The summed E-state index contributed by atoms with van der Waals surface area (Å²) in [6, 6.07) is 8.42. The smallest absolute Gasteiger partial charge is 0.407 e. The first-order chi connectivity index (χ1) is 18.6. The molecule has 1 aromatic carbocycles. The highest BCUT2D eigenvalue weighted by molar-refractivity contribution is 5.65. The van der Waals surface area contributed by atoms with Gasteiger partial charge in [0.1, 0.15) is 22.9 Å². The van der Waals surface area contributed by atoms with Crippen LogP contribution in [0.2, 0.25) is 0 Å². The van der Waals surface area contributed by atoms with Crippen molar-refractivity contribution in [2.24, 2.45) is 7.05 Å². The lowest BCUT2D eigenvalue weighted by Gasteiger charge is -2.35. The Balaban J connectivity index is 1.19. The van der Waals surface area contributed by atoms with Crippen LogP contribution in [0.3, 0.4) is 0 Å². The van der Waals surface area contributed by atoms with Crippen LogP contribution in [0.15, 0.2) is 30.5 Å². The third kappa shape index (κ3) is 5.63. The number of carbonyl (C=O) groups is 1. The second kappa shape index (κ2) is 11.0. The van der Waals surface area contributed by atoms with Gasteiger partial charge in [0.05, 0.1) is 12.2 Å². The summed E-state index contributed by atoms with van der Waals surface area (Å²) in [5.41, 5.74) is 0.638. The number of likely N-dealkylation sites (tertiary alicyclic amines) is 1. The van der Waals surface area contributed by atoms with Crippen LogP contribution in [0.4, 0.5) is 4.79 Å². The second-order valence-corrected chi connectivity index (χ2v) is 11.4. The van der Waals surface area contributed by atoms with Gasteiger partial charge in [-0.05, 0) is 69.1 Å². The van der Waals surface area contributed by atoms with E-state index in [4.69, 9.17) is 4.74 Å². The van der Waals surface area contributed by atoms with Gasteiger partial charge < -0.3 is 24.4 Å². The number of aliphatic hydroxyl groups is 1. The first kappa shape index (κ1) is 27.1. The van der Waals surface area contributed by atoms with E-state index in [-0.39, 0.29) is 25.2 Å². The van der Waals surface area contributed by atoms with Gasteiger partial charge in [-0.2, -0.15) is 0 Å². The van der Waals surface area contributed by atoms with Crippen LogP contribution in [-0.2, 0) is 12.6 Å². The van der Waals surface area contributed by atoms with E-state index >= 15 is 0 Å². The predicted molar refractivity (Wildman–Crippen MR) is 144 cm³/mol. The molecule has 0 radical (unpaired) electrons. The Labute approximate surface area is 228 Å². The third-order valence-electron chi connectivity index (χ3n) is 8.43. The van der Waals surface area contributed by atoms with Crippen LogP contribution in [0, 0.1) is 0 Å². The molecule has 3 heterocycles. The summed E-state index contributed by atoms with van der Waals surface area (Å²) in [6.07, 6.45) is 5.07. The SMILES string of the molecule is CC(C)c1cccc(OC(C)c2nnc(C3CCC(n4cc(C5(O)CCN(C(=O)O)CC5)nn4)CC3)n2C)c1. The molecule has 1 amide bonds. The van der Waals surface area contributed by atoms with Crippen molar-refractivity contribution in [2.75, 3.05) is 13.1 Å². The number of benzene rings is 1. The van der Waals surface area contributed by atoms with Gasteiger partial charge in [-0.3, -0.25) is 0 Å². The summed E-state index contributed by atoms with van der Waals surface area (Å²) in [4.78, 5) is 12.5. The minimum absolute atomic E-state index is 0.202. The van der Waals surface area contributed by atoms with E-state index in [9.17, 15) is 15.0 Å². The molecule has 2 fully saturated rings. The molecule has 1 saturated carbocycles. The van der Waals surface area contributed by atoms with Crippen molar-refractivity contribution in [3.8, 4) is 5.75 Å². The fourth-order valence-electron chi connectivity index (χ4n) is 5.86. The molecule has 3 aromatic rings. The van der Waals surface area contributed by atoms with Crippen molar-refractivity contribution in [3.05, 3.63) is 53.4 Å². The predicted octanol–water partition coefficient (Wildman–Crippen LogP) is 4.53. The highest BCUT2D eigenvalue weighted by atomic mass is 16.5. The molecule has 1 aliphatic heterocycles. The highest BCUT2D eigenvalue weighted by Crippen LogP contribution is 2.39. The number of rotatable bonds is 7. The summed E-state index contributed by atoms with van der Waals surface area (Å²) in [5, 5.41) is 37.9. The summed E-state index contributed by atoms with van der Waals surface area (Å²) in [6.45, 7) is 6.93. The molecule has 2 aliphatic rings. The van der Waals surface area contributed by atoms with Crippen LogP contribution in [0.1, 0.15) is 106 Å². The monoisotopic (exact) mass is 537 g/mol. The number of amides is 1. The van der Waals surface area contributed by atoms with Crippen LogP contribution in [-0.4, -0.2) is 64.1 Å². The summed E-state index contributed by atoms with van der Waals surface area (Å²) < 4.78 is 10.2. The van der Waals surface area contributed by atoms with Gasteiger partial charge in [0.2, 0.25) is 0 Å². The lowest BCUT2D eigenvalue weighted by atomic mass is 9.85. The second-order valence-electron chi connectivity index (χ2n) is 11.4. The van der Waals surface area contributed by atoms with Gasteiger partial charge >= 0.3 is 6.09 Å². The Morgan fingerprint density at radius 3 is 2.46 bits per heavy atom. The molecular weight excluding hydrogens is 498 g/mol. The van der Waals surface area contributed by atoms with Gasteiger partial charge in [-0.25, -0.2) is 9.48 Å². The number of ether oxygens (including phenoxy) is 1. The standard InChI is InChI=1S/C28H39N7O4/c1-18(2)21-6-5-7-23(16-21)39-19(3)25-30-31-26(33(25)4)20-8-10-22(11-9-20)35-17-24(29-32-35)28(38)12-14-34(15-13-28)27(36)37/h5-7,16-20,22,38H,8-15H2,1-4H3,(H,36,37). The fraction of sp³-hybridized carbons (Fsp3) is 0.607. The molecule has 39 heavy (non-hydrogen) atoms. The van der Waals surface area contributed by atoms with Crippen LogP contribution in [0.25, 0.3) is 0 Å². The van der Waals surface area contributed by atoms with Crippen molar-refractivity contribution in [1.29, 1.82) is 0 Å². The molecule has 210 valence electrons. The minimum atomic E-state index is -1.13. The normalized spacial score (nSPS) is 22.2. The Morgan fingerprint density at radius 2 is 1.79 bits per heavy atom. The first-order valence-electron chi connectivity index (χ1n) is 13.9. The van der Waals surface area contributed by atoms with E-state index in [2.05, 4.69) is 51.1 Å². The maximum atomic E-state index is 11.2. The zero-order valence-electron chi connectivity index (χ0n) is 23.2. The molecule has 2 aromatic heterocycles. The van der Waals surface area contributed by atoms with Crippen LogP contribution in [0.5, 0.6) is 5.75 Å². The van der Waals surface area contributed by atoms with Gasteiger partial charge in [0.15, 0.2) is 11.9 Å². The Bertz CT molecular complexity index is 1290. The molecule has 11 nitrogen and oxygen atoms in total. The van der Waals surface area contributed by atoms with Crippen molar-refractivity contribution >= 4 is 6.09 Å². The number of piperidine rings is 1. The van der Waals surface area contributed by atoms with E-state index in [1.165, 1.54) is 10.5 Å². The zero-order chi connectivity index (χ0) is 27.7. The topological polar surface area (TPSA) is 131 Å². The van der Waals surface area contributed by atoms with Gasteiger partial charge in [0, 0.05) is 26.1 Å². The van der Waals surface area contributed by atoms with Crippen molar-refractivity contribution < 1.29 is 19.7 Å². The molecule has 1 aliphatic carbocycles. The van der Waals surface area contributed by atoms with Crippen LogP contribution >= 0.6 is 0 Å². The van der Waals surface area contributed by atoms with E-state index in [1.807, 2.05) is 37.0 Å². The molecule has 2 N–H and O–H groups in total. The van der Waals surface area contributed by atoms with E-state index < -0.39 is 11.7 Å². The molecule has 5 rings (SSSR count). The van der Waals surface area contributed by atoms with Crippen LogP contribution < -0.4 is 4.74 Å². The molecule has 0 bridgehead atoms. The number of aromatic nitrogens is 6. The van der Waals surface area contributed by atoms with Gasteiger partial charge in [-0.15, -0.1) is 15.3 Å².